The summed E-state index contributed by atoms with van der Waals surface area (Å²) in [5, 5.41) is 10.1. The molecule has 0 fully saturated rings. The van der Waals surface area contributed by atoms with Gasteiger partial charge in [-0.05, 0) is 30.3 Å². The van der Waals surface area contributed by atoms with Gasteiger partial charge in [-0.2, -0.15) is 0 Å². The smallest absolute Gasteiger partial charge is 0.250 e. The van der Waals surface area contributed by atoms with E-state index in [0.717, 1.165) is 5.75 Å². The van der Waals surface area contributed by atoms with Crippen LogP contribution in [0, 0.1) is 0 Å². The zero-order valence-corrected chi connectivity index (χ0v) is 13.6. The van der Waals surface area contributed by atoms with Gasteiger partial charge in [-0.3, -0.25) is 0 Å². The largest absolute Gasteiger partial charge is 0.543 e. The van der Waals surface area contributed by atoms with Crippen molar-refractivity contribution in [2.24, 2.45) is 0 Å². The Morgan fingerprint density at radius 2 is 1.53 bits per heavy atom. The second-order valence-corrected chi connectivity index (χ2v) is 10.9. The number of phenolic OH excluding ortho intramolecular Hbond substituents is 1. The monoisotopic (exact) mass is 276 g/mol. The number of aromatic hydroxyl groups is 1. The summed E-state index contributed by atoms with van der Waals surface area (Å²) in [6.07, 6.45) is 3.25. The molecule has 3 heteroatoms. The molecule has 0 bridgehead atoms. The predicted octanol–water partition coefficient (Wildman–Crippen LogP) is 5.06. The summed E-state index contributed by atoms with van der Waals surface area (Å²) in [7, 11) is -1.88. The highest BCUT2D eigenvalue weighted by Gasteiger charge is 2.39. The van der Waals surface area contributed by atoms with Gasteiger partial charge in [0.2, 0.25) is 8.32 Å². The highest BCUT2D eigenvalue weighted by Crippen LogP contribution is 2.39. The molecule has 0 aliphatic rings. The van der Waals surface area contributed by atoms with Gasteiger partial charge >= 0.3 is 0 Å². The van der Waals surface area contributed by atoms with Crippen LogP contribution in [0.4, 0.5) is 0 Å². The third-order valence-electron chi connectivity index (χ3n) is 3.76. The van der Waals surface area contributed by atoms with Gasteiger partial charge in [0.25, 0.3) is 0 Å². The van der Waals surface area contributed by atoms with Gasteiger partial charge in [0.05, 0.1) is 0 Å². The average Bonchev–Trinajstić information content (AvgIpc) is 2.29. The van der Waals surface area contributed by atoms with Crippen LogP contribution in [-0.4, -0.2) is 13.4 Å². The molecule has 1 aromatic carbocycles. The van der Waals surface area contributed by atoms with E-state index in [-0.39, 0.29) is 10.8 Å². The predicted molar refractivity (Wildman–Crippen MR) is 86.1 cm³/mol. The number of rotatable bonds is 4. The number of hydrogen-bond donors (Lipinski definition) is 1. The molecule has 1 aromatic rings. The van der Waals surface area contributed by atoms with Crippen LogP contribution >= 0.6 is 0 Å². The van der Waals surface area contributed by atoms with Crippen LogP contribution in [0.1, 0.15) is 31.9 Å². The van der Waals surface area contributed by atoms with Crippen molar-refractivity contribution in [1.29, 1.82) is 0 Å². The number of hydrogen-bond acceptors (Lipinski definition) is 2. The van der Waals surface area contributed by atoms with E-state index in [1.54, 1.807) is 12.2 Å². The van der Waals surface area contributed by atoms with Crippen LogP contribution in [0.25, 0.3) is 12.2 Å². The molecule has 0 saturated carbocycles. The Balaban J connectivity index is 3.23. The van der Waals surface area contributed by atoms with Gasteiger partial charge in [-0.25, -0.2) is 0 Å². The fourth-order valence-corrected chi connectivity index (χ4v) is 2.48. The molecule has 0 heterocycles. The molecule has 0 aromatic heterocycles. The van der Waals surface area contributed by atoms with Gasteiger partial charge in [-0.1, -0.05) is 46.1 Å². The molecule has 0 saturated heterocycles. The summed E-state index contributed by atoms with van der Waals surface area (Å²) in [5.41, 5.74) is 1.34. The lowest BCUT2D eigenvalue weighted by Gasteiger charge is -2.36. The standard InChI is InChI=1S/C16H24O2Si/c1-8-12-10-14(11-13(9-2)15(12)17)18-19(6,7)16(3,4)5/h8-11,17H,1-2H2,3-7H3. The van der Waals surface area contributed by atoms with Gasteiger partial charge in [0.1, 0.15) is 11.5 Å². The highest BCUT2D eigenvalue weighted by atomic mass is 28.4. The normalized spacial score (nSPS) is 12.1. The Kier molecular flexibility index (Phi) is 4.31. The number of benzene rings is 1. The first-order chi connectivity index (χ1) is 8.62. The molecule has 0 radical (unpaired) electrons. The maximum Gasteiger partial charge on any atom is 0.250 e. The summed E-state index contributed by atoms with van der Waals surface area (Å²) >= 11 is 0. The van der Waals surface area contributed by atoms with Crippen molar-refractivity contribution in [2.45, 2.75) is 38.9 Å². The van der Waals surface area contributed by atoms with E-state index in [2.05, 4.69) is 47.0 Å². The lowest BCUT2D eigenvalue weighted by Crippen LogP contribution is -2.43. The molecule has 0 amide bonds. The lowest BCUT2D eigenvalue weighted by molar-refractivity contribution is 0.466. The van der Waals surface area contributed by atoms with Crippen molar-refractivity contribution in [1.82, 2.24) is 0 Å². The quantitative estimate of drug-likeness (QED) is 0.779. The molecule has 2 nitrogen and oxygen atoms in total. The second-order valence-electron chi connectivity index (χ2n) is 6.22. The maximum absolute atomic E-state index is 9.98. The fourth-order valence-electron chi connectivity index (χ4n) is 1.47. The van der Waals surface area contributed by atoms with Crippen molar-refractivity contribution < 1.29 is 9.53 Å². The fraction of sp³-hybridized carbons (Fsp3) is 0.375. The van der Waals surface area contributed by atoms with Crippen LogP contribution in [0.2, 0.25) is 18.1 Å². The Morgan fingerprint density at radius 1 is 1.11 bits per heavy atom. The minimum absolute atomic E-state index is 0.133. The summed E-state index contributed by atoms with van der Waals surface area (Å²) in [6.45, 7) is 18.4. The molecule has 1 rings (SSSR count). The van der Waals surface area contributed by atoms with Gasteiger partial charge in [0.15, 0.2) is 0 Å². The van der Waals surface area contributed by atoms with Crippen molar-refractivity contribution in [2.75, 3.05) is 0 Å². The van der Waals surface area contributed by atoms with Crippen molar-refractivity contribution >= 4 is 20.5 Å². The van der Waals surface area contributed by atoms with Crippen LogP contribution in [-0.2, 0) is 0 Å². The summed E-state index contributed by atoms with van der Waals surface area (Å²) in [6, 6.07) is 3.66. The van der Waals surface area contributed by atoms with Crippen LogP contribution < -0.4 is 4.43 Å². The Morgan fingerprint density at radius 3 is 1.84 bits per heavy atom. The van der Waals surface area contributed by atoms with Gasteiger partial charge in [-0.15, -0.1) is 0 Å². The first-order valence-electron chi connectivity index (χ1n) is 6.43. The third-order valence-corrected chi connectivity index (χ3v) is 8.12. The highest BCUT2D eigenvalue weighted by molar-refractivity contribution is 6.74. The Labute approximate surface area is 117 Å². The van der Waals surface area contributed by atoms with E-state index in [0.29, 0.717) is 11.1 Å². The van der Waals surface area contributed by atoms with E-state index in [1.807, 2.05) is 12.1 Å². The second kappa shape index (κ2) is 5.25. The zero-order chi connectivity index (χ0) is 14.8. The van der Waals surface area contributed by atoms with Gasteiger partial charge in [0, 0.05) is 11.1 Å². The van der Waals surface area contributed by atoms with Crippen LogP contribution in [0.15, 0.2) is 25.3 Å². The average molecular weight is 276 g/mol. The minimum Gasteiger partial charge on any atom is -0.543 e. The molecule has 1 N–H and O–H groups in total. The van der Waals surface area contributed by atoms with Gasteiger partial charge < -0.3 is 9.53 Å². The molecular weight excluding hydrogens is 252 g/mol. The van der Waals surface area contributed by atoms with Crippen LogP contribution in [0.3, 0.4) is 0 Å². The van der Waals surface area contributed by atoms with Crippen molar-refractivity contribution in [3.05, 3.63) is 36.4 Å². The first kappa shape index (κ1) is 15.6. The molecule has 0 aliphatic heterocycles. The topological polar surface area (TPSA) is 29.5 Å². The molecule has 19 heavy (non-hydrogen) atoms. The molecular formula is C16H24O2Si. The van der Waals surface area contributed by atoms with Crippen molar-refractivity contribution in [3.63, 3.8) is 0 Å². The zero-order valence-electron chi connectivity index (χ0n) is 12.6. The maximum atomic E-state index is 9.98. The van der Waals surface area contributed by atoms with E-state index >= 15 is 0 Å². The minimum atomic E-state index is -1.88. The summed E-state index contributed by atoms with van der Waals surface area (Å²) < 4.78 is 6.24. The lowest BCUT2D eigenvalue weighted by atomic mass is 10.1. The van der Waals surface area contributed by atoms with E-state index < -0.39 is 8.32 Å². The summed E-state index contributed by atoms with van der Waals surface area (Å²) in [4.78, 5) is 0. The number of phenols is 1. The Bertz CT molecular complexity index is 467. The molecule has 0 atom stereocenters. The molecule has 0 aliphatic carbocycles. The third kappa shape index (κ3) is 3.29. The molecule has 0 unspecified atom stereocenters. The molecule has 104 valence electrons. The van der Waals surface area contributed by atoms with Crippen LogP contribution in [0.5, 0.6) is 11.5 Å². The molecule has 0 spiro atoms. The van der Waals surface area contributed by atoms with E-state index in [1.165, 1.54) is 0 Å². The SMILES string of the molecule is C=Cc1cc(O[Si](C)(C)C(C)(C)C)cc(C=C)c1O. The van der Waals surface area contributed by atoms with E-state index in [9.17, 15) is 5.11 Å². The van der Waals surface area contributed by atoms with Crippen molar-refractivity contribution in [3.8, 4) is 11.5 Å². The van der Waals surface area contributed by atoms with E-state index in [4.69, 9.17) is 4.43 Å². The Hall–Kier alpha value is -1.48. The first-order valence-corrected chi connectivity index (χ1v) is 9.34. The summed E-state index contributed by atoms with van der Waals surface area (Å²) in [5.74, 6) is 0.974.